The molecule has 144 valence electrons. The molecular weight excluding hydrogens is 347 g/mol. The maximum Gasteiger partial charge on any atom is 0.257 e. The van der Waals surface area contributed by atoms with Gasteiger partial charge in [0.1, 0.15) is 29.3 Å². The first-order valence-electron chi connectivity index (χ1n) is 9.92. The number of ether oxygens (including phenoxy) is 1. The van der Waals surface area contributed by atoms with Crippen molar-refractivity contribution in [3.63, 3.8) is 0 Å². The normalized spacial score (nSPS) is 14.3. The van der Waals surface area contributed by atoms with Crippen molar-refractivity contribution in [3.05, 3.63) is 46.5 Å². The van der Waals surface area contributed by atoms with Crippen LogP contribution in [-0.2, 0) is 5.24 Å². The number of hydrogen-bond acceptors (Lipinski definition) is 4. The number of aromatic nitrogens is 2. The van der Waals surface area contributed by atoms with Crippen LogP contribution in [0.2, 0.25) is 0 Å². The van der Waals surface area contributed by atoms with Gasteiger partial charge in [0.25, 0.3) is 5.56 Å². The second kappa shape index (κ2) is 7.67. The number of aryl methyl sites for hydroxylation is 1. The summed E-state index contributed by atoms with van der Waals surface area (Å²) in [6.07, 6.45) is 2.70. The quantitative estimate of drug-likeness (QED) is 0.490. The fourth-order valence-electron chi connectivity index (χ4n) is 3.89. The van der Waals surface area contributed by atoms with E-state index in [1.54, 1.807) is 6.20 Å². The van der Waals surface area contributed by atoms with Crippen molar-refractivity contribution in [1.29, 1.82) is 0 Å². The standard InChI is InChI=1S/C20H28B3N3O2/c1-11(8-12(2)24)10-28-14-4-5-15-16-6-7-25-13(3)18(16)26(20(21,22)23)19(27)17(15)9-14/h4-7,9,11-12H,8,10,21-24H2,1-3H3. The van der Waals surface area contributed by atoms with Crippen molar-refractivity contribution in [1.82, 2.24) is 9.55 Å². The zero-order valence-electron chi connectivity index (χ0n) is 17.7. The van der Waals surface area contributed by atoms with Gasteiger partial charge in [0.15, 0.2) is 0 Å². The van der Waals surface area contributed by atoms with Crippen molar-refractivity contribution in [2.75, 3.05) is 6.61 Å². The van der Waals surface area contributed by atoms with Crippen molar-refractivity contribution < 1.29 is 4.74 Å². The fourth-order valence-corrected chi connectivity index (χ4v) is 3.89. The lowest BCUT2D eigenvalue weighted by molar-refractivity contribution is 0.246. The number of fused-ring (bicyclic) bond motifs is 3. The highest BCUT2D eigenvalue weighted by atomic mass is 16.5. The summed E-state index contributed by atoms with van der Waals surface area (Å²) < 4.78 is 7.83. The number of hydrogen-bond donors (Lipinski definition) is 1. The predicted octanol–water partition coefficient (Wildman–Crippen LogP) is 0.0774. The Hall–Kier alpha value is -2.21. The molecule has 8 heteroatoms. The van der Waals surface area contributed by atoms with E-state index < -0.39 is 0 Å². The number of pyridine rings is 2. The van der Waals surface area contributed by atoms with E-state index in [9.17, 15) is 4.79 Å². The van der Waals surface area contributed by atoms with E-state index in [-0.39, 0.29) is 16.8 Å². The van der Waals surface area contributed by atoms with Crippen LogP contribution in [0.15, 0.2) is 35.3 Å². The maximum atomic E-state index is 13.4. The van der Waals surface area contributed by atoms with Gasteiger partial charge in [-0.15, -0.1) is 0 Å². The first kappa shape index (κ1) is 20.5. The Morgan fingerprint density at radius 3 is 2.54 bits per heavy atom. The highest BCUT2D eigenvalue weighted by Crippen LogP contribution is 2.28. The van der Waals surface area contributed by atoms with Gasteiger partial charge in [-0.1, -0.05) is 6.92 Å². The average molecular weight is 375 g/mol. The molecule has 0 amide bonds. The molecule has 3 rings (SSSR count). The summed E-state index contributed by atoms with van der Waals surface area (Å²) >= 11 is 0. The smallest absolute Gasteiger partial charge is 0.257 e. The molecule has 28 heavy (non-hydrogen) atoms. The Labute approximate surface area is 168 Å². The van der Waals surface area contributed by atoms with Crippen molar-refractivity contribution in [2.45, 2.75) is 38.5 Å². The minimum absolute atomic E-state index is 0.0137. The van der Waals surface area contributed by atoms with E-state index in [0.717, 1.165) is 28.4 Å². The van der Waals surface area contributed by atoms with Gasteiger partial charge in [-0.25, -0.2) is 0 Å². The molecular formula is C20H28B3N3O2. The number of rotatable bonds is 6. The Bertz CT molecular complexity index is 1070. The van der Waals surface area contributed by atoms with Crippen LogP contribution in [0.1, 0.15) is 26.0 Å². The molecule has 3 aromatic rings. The zero-order chi connectivity index (χ0) is 20.6. The molecule has 0 saturated heterocycles. The molecule has 2 aromatic heterocycles. The number of nitrogens with two attached hydrogens (primary N) is 1. The van der Waals surface area contributed by atoms with E-state index in [2.05, 4.69) is 11.9 Å². The summed E-state index contributed by atoms with van der Waals surface area (Å²) in [4.78, 5) is 17.9. The SMILES string of the molecule is BC(B)(B)n1c(=O)c2cc(OCC(C)CC(C)N)ccc2c2ccnc(C)c21. The highest BCUT2D eigenvalue weighted by Gasteiger charge is 2.22. The Morgan fingerprint density at radius 1 is 1.18 bits per heavy atom. The minimum Gasteiger partial charge on any atom is -0.493 e. The van der Waals surface area contributed by atoms with E-state index in [0.29, 0.717) is 23.7 Å². The van der Waals surface area contributed by atoms with Gasteiger partial charge in [-0.05, 0) is 61.1 Å². The van der Waals surface area contributed by atoms with Crippen LogP contribution >= 0.6 is 0 Å². The van der Waals surface area contributed by atoms with Crippen LogP contribution in [0, 0.1) is 12.8 Å². The van der Waals surface area contributed by atoms with Gasteiger partial charge in [-0.3, -0.25) is 9.78 Å². The second-order valence-corrected chi connectivity index (χ2v) is 8.94. The second-order valence-electron chi connectivity index (χ2n) is 8.94. The Morgan fingerprint density at radius 2 is 1.89 bits per heavy atom. The molecule has 2 heterocycles. The summed E-state index contributed by atoms with van der Waals surface area (Å²) in [5, 5.41) is 2.28. The molecule has 0 spiro atoms. The lowest BCUT2D eigenvalue weighted by Gasteiger charge is -2.26. The average Bonchev–Trinajstić information content (AvgIpc) is 2.59. The van der Waals surface area contributed by atoms with Crippen LogP contribution in [-0.4, -0.2) is 45.7 Å². The Balaban J connectivity index is 2.15. The zero-order valence-corrected chi connectivity index (χ0v) is 17.7. The molecule has 2 unspecified atom stereocenters. The third kappa shape index (κ3) is 3.97. The van der Waals surface area contributed by atoms with Gasteiger partial charge >= 0.3 is 0 Å². The van der Waals surface area contributed by atoms with Crippen molar-refractivity contribution in [3.8, 4) is 5.75 Å². The van der Waals surface area contributed by atoms with E-state index in [1.807, 2.05) is 66.2 Å². The first-order chi connectivity index (χ1) is 13.1. The molecule has 0 saturated carbocycles. The van der Waals surface area contributed by atoms with Gasteiger partial charge < -0.3 is 15.0 Å². The summed E-state index contributed by atoms with van der Waals surface area (Å²) in [6, 6.07) is 7.93. The topological polar surface area (TPSA) is 70.1 Å². The molecule has 0 aliphatic rings. The summed E-state index contributed by atoms with van der Waals surface area (Å²) in [6.45, 7) is 6.66. The molecule has 1 aromatic carbocycles. The largest absolute Gasteiger partial charge is 0.493 e. The molecule has 0 bridgehead atoms. The van der Waals surface area contributed by atoms with E-state index in [4.69, 9.17) is 10.5 Å². The lowest BCUT2D eigenvalue weighted by atomic mass is 9.49. The third-order valence-corrected chi connectivity index (χ3v) is 5.03. The van der Waals surface area contributed by atoms with E-state index >= 15 is 0 Å². The summed E-state index contributed by atoms with van der Waals surface area (Å²) in [5.41, 5.74) is 7.61. The molecule has 2 atom stereocenters. The molecule has 5 nitrogen and oxygen atoms in total. The lowest BCUT2D eigenvalue weighted by Crippen LogP contribution is -2.43. The first-order valence-corrected chi connectivity index (χ1v) is 9.92. The molecule has 2 N–H and O–H groups in total. The van der Waals surface area contributed by atoms with Gasteiger partial charge in [0.05, 0.1) is 23.2 Å². The molecule has 0 aliphatic heterocycles. The maximum absolute atomic E-state index is 13.4. The Kier molecular flexibility index (Phi) is 5.62. The van der Waals surface area contributed by atoms with Crippen LogP contribution in [0.3, 0.4) is 0 Å². The number of benzene rings is 1. The predicted molar refractivity (Wildman–Crippen MR) is 125 cm³/mol. The van der Waals surface area contributed by atoms with Gasteiger partial charge in [0, 0.05) is 17.6 Å². The van der Waals surface area contributed by atoms with Gasteiger partial charge in [0.2, 0.25) is 0 Å². The molecule has 0 radical (unpaired) electrons. The van der Waals surface area contributed by atoms with Gasteiger partial charge in [-0.2, -0.15) is 0 Å². The summed E-state index contributed by atoms with van der Waals surface area (Å²) in [7, 11) is 6.13. The van der Waals surface area contributed by atoms with Crippen LogP contribution in [0.25, 0.3) is 21.7 Å². The third-order valence-electron chi connectivity index (χ3n) is 5.03. The number of nitrogens with zero attached hydrogens (tertiary/aromatic N) is 2. The molecule has 0 fully saturated rings. The van der Waals surface area contributed by atoms with Crippen LogP contribution in [0.5, 0.6) is 5.75 Å². The van der Waals surface area contributed by atoms with Crippen LogP contribution < -0.4 is 16.0 Å². The fraction of sp³-hybridized carbons (Fsp3) is 0.400. The highest BCUT2D eigenvalue weighted by molar-refractivity contribution is 6.57. The summed E-state index contributed by atoms with van der Waals surface area (Å²) in [5.74, 6) is 1.07. The van der Waals surface area contributed by atoms with Crippen LogP contribution in [0.4, 0.5) is 0 Å². The van der Waals surface area contributed by atoms with Crippen molar-refractivity contribution >= 4 is 45.2 Å². The van der Waals surface area contributed by atoms with Crippen molar-refractivity contribution in [2.24, 2.45) is 11.7 Å². The monoisotopic (exact) mass is 375 g/mol. The van der Waals surface area contributed by atoms with E-state index in [1.165, 1.54) is 0 Å². The molecule has 0 aliphatic carbocycles. The minimum atomic E-state index is -0.361.